The fourth-order valence-corrected chi connectivity index (χ4v) is 2.39. The second-order valence-electron chi connectivity index (χ2n) is 3.42. The van der Waals surface area contributed by atoms with Gasteiger partial charge in [0.1, 0.15) is 10.7 Å². The first-order valence-electron chi connectivity index (χ1n) is 5.08. The lowest BCUT2D eigenvalue weighted by atomic mass is 10.3. The summed E-state index contributed by atoms with van der Waals surface area (Å²) in [5, 5.41) is 6.43. The van der Waals surface area contributed by atoms with Crippen LogP contribution < -0.4 is 4.72 Å². The van der Waals surface area contributed by atoms with Gasteiger partial charge in [0, 0.05) is 18.0 Å². The van der Waals surface area contributed by atoms with E-state index >= 15 is 0 Å². The van der Waals surface area contributed by atoms with E-state index < -0.39 is 10.0 Å². The van der Waals surface area contributed by atoms with Crippen molar-refractivity contribution in [1.82, 2.24) is 15.2 Å². The number of aryl methyl sites for hydroxylation is 1. The minimum atomic E-state index is -3.60. The molecule has 17 heavy (non-hydrogen) atoms. The molecule has 0 bridgehead atoms. The third-order valence-electron chi connectivity index (χ3n) is 2.28. The van der Waals surface area contributed by atoms with Crippen molar-refractivity contribution in [3.8, 4) is 0 Å². The summed E-state index contributed by atoms with van der Waals surface area (Å²) >= 11 is 0. The van der Waals surface area contributed by atoms with E-state index in [2.05, 4.69) is 19.9 Å². The summed E-state index contributed by atoms with van der Waals surface area (Å²) in [4.78, 5) is 3.90. The number of aromatic nitrogens is 3. The zero-order valence-corrected chi connectivity index (χ0v) is 10.0. The third kappa shape index (κ3) is 2.44. The smallest absolute Gasteiger partial charge is 0.263 e. The number of hydrogen-bond acceptors (Lipinski definition) is 4. The number of pyridine rings is 1. The van der Waals surface area contributed by atoms with E-state index in [-0.39, 0.29) is 4.90 Å². The van der Waals surface area contributed by atoms with Crippen molar-refractivity contribution in [2.24, 2.45) is 0 Å². The molecule has 0 aliphatic carbocycles. The first-order valence-corrected chi connectivity index (χ1v) is 6.57. The molecule has 2 N–H and O–H groups in total. The lowest BCUT2D eigenvalue weighted by molar-refractivity contribution is 0.600. The van der Waals surface area contributed by atoms with Crippen LogP contribution >= 0.6 is 0 Å². The molecule has 7 heteroatoms. The van der Waals surface area contributed by atoms with Crippen LogP contribution in [0, 0.1) is 0 Å². The number of anilines is 1. The Labute approximate surface area is 99.1 Å². The predicted octanol–water partition coefficient (Wildman–Crippen LogP) is 1.17. The Morgan fingerprint density at radius 3 is 2.88 bits per heavy atom. The molecule has 2 rings (SSSR count). The maximum absolute atomic E-state index is 12.0. The van der Waals surface area contributed by atoms with Gasteiger partial charge in [-0.25, -0.2) is 8.42 Å². The van der Waals surface area contributed by atoms with Crippen LogP contribution in [0.1, 0.15) is 12.5 Å². The van der Waals surface area contributed by atoms with Crippen molar-refractivity contribution in [3.05, 3.63) is 36.3 Å². The Morgan fingerprint density at radius 2 is 2.24 bits per heavy atom. The molecule has 0 saturated carbocycles. The van der Waals surface area contributed by atoms with Gasteiger partial charge in [-0.05, 0) is 18.6 Å². The molecule has 0 aromatic carbocycles. The number of aromatic amines is 1. The van der Waals surface area contributed by atoms with Gasteiger partial charge in [-0.3, -0.25) is 14.8 Å². The van der Waals surface area contributed by atoms with E-state index in [1.807, 2.05) is 6.92 Å². The largest absolute Gasteiger partial charge is 0.264 e. The van der Waals surface area contributed by atoms with Crippen molar-refractivity contribution in [3.63, 3.8) is 0 Å². The van der Waals surface area contributed by atoms with Gasteiger partial charge in [-0.1, -0.05) is 6.92 Å². The molecule has 0 aliphatic heterocycles. The van der Waals surface area contributed by atoms with Gasteiger partial charge < -0.3 is 0 Å². The van der Waals surface area contributed by atoms with Crippen LogP contribution in [0.4, 0.5) is 5.82 Å². The fourth-order valence-electron chi connectivity index (χ4n) is 1.37. The second kappa shape index (κ2) is 4.54. The lowest BCUT2D eigenvalue weighted by Gasteiger charge is -2.06. The van der Waals surface area contributed by atoms with E-state index in [1.54, 1.807) is 12.3 Å². The van der Waals surface area contributed by atoms with Gasteiger partial charge in [0.05, 0.1) is 6.20 Å². The molecule has 0 fully saturated rings. The molecule has 0 aliphatic rings. The van der Waals surface area contributed by atoms with Crippen molar-refractivity contribution in [2.75, 3.05) is 4.72 Å². The highest BCUT2D eigenvalue weighted by Crippen LogP contribution is 2.16. The van der Waals surface area contributed by atoms with Gasteiger partial charge in [0.25, 0.3) is 10.0 Å². The van der Waals surface area contributed by atoms with E-state index in [0.717, 1.165) is 5.56 Å². The molecule has 6 nitrogen and oxygen atoms in total. The summed E-state index contributed by atoms with van der Waals surface area (Å²) in [6, 6.07) is 3.06. The normalized spacial score (nSPS) is 11.4. The standard InChI is InChI=1S/C10H12N4O2S/c1-2-8-6-12-13-10(8)14-17(15,16)9-4-3-5-11-7-9/h3-7H,2H2,1H3,(H2,12,13,14). The minimum absolute atomic E-state index is 0.122. The van der Waals surface area contributed by atoms with Crippen LogP contribution in [0.25, 0.3) is 0 Å². The Hall–Kier alpha value is -1.89. The predicted molar refractivity (Wildman–Crippen MR) is 63.0 cm³/mol. The van der Waals surface area contributed by atoms with Crippen LogP contribution in [-0.4, -0.2) is 23.6 Å². The van der Waals surface area contributed by atoms with Crippen molar-refractivity contribution >= 4 is 15.8 Å². The van der Waals surface area contributed by atoms with Crippen LogP contribution in [-0.2, 0) is 16.4 Å². The molecule has 0 spiro atoms. The van der Waals surface area contributed by atoms with E-state index in [4.69, 9.17) is 0 Å². The first-order chi connectivity index (χ1) is 8.13. The Bertz CT molecular complexity index is 592. The number of H-pyrrole nitrogens is 1. The summed E-state index contributed by atoms with van der Waals surface area (Å²) in [5.74, 6) is 0.399. The zero-order chi connectivity index (χ0) is 12.3. The van der Waals surface area contributed by atoms with Crippen molar-refractivity contribution in [2.45, 2.75) is 18.2 Å². The number of sulfonamides is 1. The summed E-state index contributed by atoms with van der Waals surface area (Å²) < 4.78 is 26.4. The Balaban J connectivity index is 2.30. The molecule has 2 aromatic heterocycles. The zero-order valence-electron chi connectivity index (χ0n) is 9.21. The highest BCUT2D eigenvalue weighted by Gasteiger charge is 2.16. The number of nitrogens with zero attached hydrogens (tertiary/aromatic N) is 2. The molecule has 0 unspecified atom stereocenters. The van der Waals surface area contributed by atoms with Gasteiger partial charge in [0.2, 0.25) is 0 Å². The SMILES string of the molecule is CCc1cn[nH]c1NS(=O)(=O)c1cccnc1. The van der Waals surface area contributed by atoms with Crippen LogP contribution in [0.15, 0.2) is 35.6 Å². The van der Waals surface area contributed by atoms with Gasteiger partial charge in [-0.15, -0.1) is 0 Å². The van der Waals surface area contributed by atoms with Crippen molar-refractivity contribution < 1.29 is 8.42 Å². The van der Waals surface area contributed by atoms with Crippen molar-refractivity contribution in [1.29, 1.82) is 0 Å². The topological polar surface area (TPSA) is 87.7 Å². The summed E-state index contributed by atoms with van der Waals surface area (Å²) in [5.41, 5.74) is 0.817. The molecule has 2 heterocycles. The summed E-state index contributed by atoms with van der Waals surface area (Å²) in [6.07, 6.45) is 5.11. The first kappa shape index (κ1) is 11.6. The van der Waals surface area contributed by atoms with Crippen LogP contribution in [0.3, 0.4) is 0 Å². The second-order valence-corrected chi connectivity index (χ2v) is 5.10. The molecule has 2 aromatic rings. The molecular formula is C10H12N4O2S. The average Bonchev–Trinajstić information content (AvgIpc) is 2.77. The van der Waals surface area contributed by atoms with Gasteiger partial charge in [0.15, 0.2) is 0 Å². The summed E-state index contributed by atoms with van der Waals surface area (Å²) in [7, 11) is -3.60. The highest BCUT2D eigenvalue weighted by molar-refractivity contribution is 7.92. The highest BCUT2D eigenvalue weighted by atomic mass is 32.2. The average molecular weight is 252 g/mol. The fraction of sp³-hybridized carbons (Fsp3) is 0.200. The minimum Gasteiger partial charge on any atom is -0.263 e. The lowest BCUT2D eigenvalue weighted by Crippen LogP contribution is -2.14. The van der Waals surface area contributed by atoms with E-state index in [0.29, 0.717) is 12.2 Å². The molecular weight excluding hydrogens is 240 g/mol. The van der Waals surface area contributed by atoms with E-state index in [1.165, 1.54) is 18.5 Å². The molecule has 90 valence electrons. The maximum Gasteiger partial charge on any atom is 0.264 e. The molecule has 0 atom stereocenters. The van der Waals surface area contributed by atoms with Gasteiger partial charge >= 0.3 is 0 Å². The quantitative estimate of drug-likeness (QED) is 0.855. The molecule has 0 amide bonds. The van der Waals surface area contributed by atoms with Gasteiger partial charge in [-0.2, -0.15) is 5.10 Å². The molecule has 0 radical (unpaired) electrons. The maximum atomic E-state index is 12.0. The summed E-state index contributed by atoms with van der Waals surface area (Å²) in [6.45, 7) is 1.92. The van der Waals surface area contributed by atoms with Crippen LogP contribution in [0.2, 0.25) is 0 Å². The molecule has 0 saturated heterocycles. The monoisotopic (exact) mass is 252 g/mol. The Morgan fingerprint density at radius 1 is 1.41 bits per heavy atom. The van der Waals surface area contributed by atoms with E-state index in [9.17, 15) is 8.42 Å². The number of rotatable bonds is 4. The van der Waals surface area contributed by atoms with Crippen LogP contribution in [0.5, 0.6) is 0 Å². The third-order valence-corrected chi connectivity index (χ3v) is 3.61. The Kier molecular flexibility index (Phi) is 3.10. The number of nitrogens with one attached hydrogen (secondary N) is 2. The number of hydrogen-bond donors (Lipinski definition) is 2.